The molecule has 0 amide bonds. The molecule has 0 aliphatic heterocycles. The summed E-state index contributed by atoms with van der Waals surface area (Å²) in [5, 5.41) is 8.86. The van der Waals surface area contributed by atoms with Gasteiger partial charge in [-0.15, -0.1) is 0 Å². The van der Waals surface area contributed by atoms with Crippen molar-refractivity contribution in [2.75, 3.05) is 11.5 Å². The normalized spacial score (nSPS) is 10.4. The van der Waals surface area contributed by atoms with Crippen molar-refractivity contribution < 1.29 is 9.90 Å². The van der Waals surface area contributed by atoms with E-state index in [0.717, 1.165) is 11.1 Å². The Morgan fingerprint density at radius 1 is 1.16 bits per heavy atom. The average molecular weight is 321 g/mol. The van der Waals surface area contributed by atoms with Crippen LogP contribution in [0.15, 0.2) is 40.9 Å². The van der Waals surface area contributed by atoms with Crippen molar-refractivity contribution in [3.8, 4) is 11.1 Å². The molecule has 2 aromatic carbocycles. The molecule has 0 heterocycles. The third-order valence-corrected chi connectivity index (χ3v) is 3.42. The minimum atomic E-state index is -0.875. The number of benzene rings is 2. The van der Waals surface area contributed by atoms with E-state index in [0.29, 0.717) is 21.4 Å². The molecule has 5 N–H and O–H groups in total. The predicted octanol–water partition coefficient (Wildman–Crippen LogP) is 2.91. The Morgan fingerprint density at radius 3 is 2.37 bits per heavy atom. The zero-order chi connectivity index (χ0) is 14.0. The second kappa shape index (κ2) is 5.32. The van der Waals surface area contributed by atoms with Gasteiger partial charge in [-0.05, 0) is 51.3 Å². The quantitative estimate of drug-likeness (QED) is 0.758. The van der Waals surface area contributed by atoms with Crippen LogP contribution in [0.4, 0.5) is 11.4 Å². The first kappa shape index (κ1) is 13.4. The molecule has 0 bridgehead atoms. The number of carbonyl (C=O) groups is 1. The molecule has 0 radical (unpaired) electrons. The Hall–Kier alpha value is -2.01. The third kappa shape index (κ3) is 3.06. The van der Waals surface area contributed by atoms with Gasteiger partial charge in [0.25, 0.3) is 0 Å². The summed E-state index contributed by atoms with van der Waals surface area (Å²) in [6.07, 6.45) is -0.0408. The fourth-order valence-electron chi connectivity index (χ4n) is 1.85. The smallest absolute Gasteiger partial charge is 0.307 e. The molecule has 0 spiro atoms. The number of halogens is 1. The van der Waals surface area contributed by atoms with Gasteiger partial charge in [-0.1, -0.05) is 12.1 Å². The van der Waals surface area contributed by atoms with Gasteiger partial charge in [0.05, 0.1) is 12.1 Å². The highest BCUT2D eigenvalue weighted by Crippen LogP contribution is 2.33. The maximum absolute atomic E-state index is 10.8. The van der Waals surface area contributed by atoms with Gasteiger partial charge in [0.2, 0.25) is 0 Å². The van der Waals surface area contributed by atoms with Crippen LogP contribution in [-0.4, -0.2) is 11.1 Å². The van der Waals surface area contributed by atoms with Gasteiger partial charge >= 0.3 is 5.97 Å². The van der Waals surface area contributed by atoms with Gasteiger partial charge in [0, 0.05) is 15.7 Å². The zero-order valence-corrected chi connectivity index (χ0v) is 11.6. The first-order valence-corrected chi connectivity index (χ1v) is 6.42. The minimum Gasteiger partial charge on any atom is -0.481 e. The molecule has 0 saturated carbocycles. The third-order valence-electron chi connectivity index (χ3n) is 2.77. The molecule has 0 aliphatic rings. The summed E-state index contributed by atoms with van der Waals surface area (Å²) in [6.45, 7) is 0. The summed E-state index contributed by atoms with van der Waals surface area (Å²) in [6, 6.07) is 10.8. The molecule has 0 atom stereocenters. The fourth-order valence-corrected chi connectivity index (χ4v) is 2.36. The summed E-state index contributed by atoms with van der Waals surface area (Å²) in [4.78, 5) is 10.8. The number of nitrogen functional groups attached to an aromatic ring is 2. The Labute approximate surface area is 119 Å². The number of anilines is 2. The second-order valence-corrected chi connectivity index (χ2v) is 5.09. The zero-order valence-electron chi connectivity index (χ0n) is 10.1. The Kier molecular flexibility index (Phi) is 3.76. The van der Waals surface area contributed by atoms with Crippen LogP contribution in [-0.2, 0) is 11.2 Å². The Balaban J connectivity index is 2.52. The maximum Gasteiger partial charge on any atom is 0.307 e. The Bertz CT molecular complexity index is 624. The van der Waals surface area contributed by atoms with Gasteiger partial charge < -0.3 is 16.6 Å². The topological polar surface area (TPSA) is 89.3 Å². The van der Waals surface area contributed by atoms with Crippen LogP contribution in [0.25, 0.3) is 11.1 Å². The highest BCUT2D eigenvalue weighted by molar-refractivity contribution is 9.10. The van der Waals surface area contributed by atoms with Crippen molar-refractivity contribution >= 4 is 33.3 Å². The summed E-state index contributed by atoms with van der Waals surface area (Å²) in [7, 11) is 0. The number of carboxylic acids is 1. The van der Waals surface area contributed by atoms with Crippen LogP contribution >= 0.6 is 15.9 Å². The first-order valence-electron chi connectivity index (χ1n) is 5.63. The molecule has 0 saturated heterocycles. The molecule has 2 aromatic rings. The van der Waals surface area contributed by atoms with E-state index in [9.17, 15) is 4.79 Å². The van der Waals surface area contributed by atoms with Crippen molar-refractivity contribution in [1.29, 1.82) is 0 Å². The molecule has 5 heteroatoms. The lowest BCUT2D eigenvalue weighted by molar-refractivity contribution is -0.136. The lowest BCUT2D eigenvalue weighted by Gasteiger charge is -2.11. The predicted molar refractivity (Wildman–Crippen MR) is 79.7 cm³/mol. The lowest BCUT2D eigenvalue weighted by Crippen LogP contribution is -2.02. The van der Waals surface area contributed by atoms with Crippen LogP contribution < -0.4 is 11.5 Å². The van der Waals surface area contributed by atoms with Gasteiger partial charge in [0.15, 0.2) is 0 Å². The van der Waals surface area contributed by atoms with Gasteiger partial charge in [0.1, 0.15) is 0 Å². The van der Waals surface area contributed by atoms with E-state index in [-0.39, 0.29) is 6.42 Å². The van der Waals surface area contributed by atoms with Gasteiger partial charge in [-0.3, -0.25) is 4.79 Å². The molecular formula is C14H13BrN2O2. The molecule has 0 aliphatic carbocycles. The lowest BCUT2D eigenvalue weighted by atomic mass is 9.99. The molecule has 2 rings (SSSR count). The van der Waals surface area contributed by atoms with Crippen molar-refractivity contribution in [2.24, 2.45) is 0 Å². The summed E-state index contributed by atoms with van der Waals surface area (Å²) >= 11 is 3.36. The second-order valence-electron chi connectivity index (χ2n) is 4.23. The van der Waals surface area contributed by atoms with Crippen LogP contribution in [0.1, 0.15) is 5.56 Å². The number of nitrogens with two attached hydrogens (primary N) is 2. The molecule has 19 heavy (non-hydrogen) atoms. The first-order chi connectivity index (χ1) is 8.97. The molecule has 0 fully saturated rings. The van der Waals surface area contributed by atoms with E-state index in [2.05, 4.69) is 15.9 Å². The van der Waals surface area contributed by atoms with Crippen LogP contribution in [0.2, 0.25) is 0 Å². The van der Waals surface area contributed by atoms with Crippen LogP contribution in [0.5, 0.6) is 0 Å². The van der Waals surface area contributed by atoms with Crippen molar-refractivity contribution in [2.45, 2.75) is 6.42 Å². The van der Waals surface area contributed by atoms with E-state index in [4.69, 9.17) is 16.6 Å². The molecule has 0 aromatic heterocycles. The highest BCUT2D eigenvalue weighted by atomic mass is 79.9. The standard InChI is InChI=1S/C14H13BrN2O2/c15-12-6-8(7-13(18)19)5-11(14(12)17)9-1-3-10(16)4-2-9/h1-6H,7,16-17H2,(H,18,19). The number of aliphatic carboxylic acids is 1. The van der Waals surface area contributed by atoms with Gasteiger partial charge in [-0.25, -0.2) is 0 Å². The Morgan fingerprint density at radius 2 is 1.79 bits per heavy atom. The molecular weight excluding hydrogens is 308 g/mol. The fraction of sp³-hybridized carbons (Fsp3) is 0.0714. The van der Waals surface area contributed by atoms with E-state index < -0.39 is 5.97 Å². The molecule has 4 nitrogen and oxygen atoms in total. The van der Waals surface area contributed by atoms with Crippen molar-refractivity contribution in [1.82, 2.24) is 0 Å². The largest absolute Gasteiger partial charge is 0.481 e. The molecule has 98 valence electrons. The van der Waals surface area contributed by atoms with Crippen LogP contribution in [0, 0.1) is 0 Å². The number of hydrogen-bond acceptors (Lipinski definition) is 3. The summed E-state index contributed by atoms with van der Waals surface area (Å²) in [5.74, 6) is -0.875. The average Bonchev–Trinajstić information content (AvgIpc) is 2.34. The SMILES string of the molecule is Nc1ccc(-c2cc(CC(=O)O)cc(Br)c2N)cc1. The minimum absolute atomic E-state index is 0.0408. The van der Waals surface area contributed by atoms with E-state index >= 15 is 0 Å². The van der Waals surface area contributed by atoms with Crippen LogP contribution in [0.3, 0.4) is 0 Å². The van der Waals surface area contributed by atoms with E-state index in [1.807, 2.05) is 12.1 Å². The summed E-state index contributed by atoms with van der Waals surface area (Å²) < 4.78 is 0.693. The highest BCUT2D eigenvalue weighted by Gasteiger charge is 2.10. The van der Waals surface area contributed by atoms with E-state index in [1.165, 1.54) is 0 Å². The maximum atomic E-state index is 10.8. The monoisotopic (exact) mass is 320 g/mol. The van der Waals surface area contributed by atoms with E-state index in [1.54, 1.807) is 24.3 Å². The van der Waals surface area contributed by atoms with Crippen molar-refractivity contribution in [3.05, 3.63) is 46.4 Å². The number of rotatable bonds is 3. The summed E-state index contributed by atoms with van der Waals surface area (Å²) in [5.41, 5.74) is 15.3. The number of carboxylic acid groups (broad SMARTS) is 1. The van der Waals surface area contributed by atoms with Gasteiger partial charge in [-0.2, -0.15) is 0 Å². The van der Waals surface area contributed by atoms with Crippen molar-refractivity contribution in [3.63, 3.8) is 0 Å². The molecule has 0 unspecified atom stereocenters. The number of hydrogen-bond donors (Lipinski definition) is 3.